The zero-order chi connectivity index (χ0) is 19.5. The second-order valence-corrected chi connectivity index (χ2v) is 7.33. The molecular formula is C23H27Cl2N3O2. The number of hydrogen-bond acceptors (Lipinski definition) is 4. The van der Waals surface area contributed by atoms with Crippen molar-refractivity contribution in [1.29, 1.82) is 0 Å². The first-order valence-corrected chi connectivity index (χ1v) is 9.65. The number of nitrogens with zero attached hydrogens (tertiary/aromatic N) is 1. The third kappa shape index (κ3) is 5.10. The minimum absolute atomic E-state index is 0. The summed E-state index contributed by atoms with van der Waals surface area (Å²) in [6.45, 7) is 3.42. The minimum Gasteiger partial charge on any atom is -0.459 e. The highest BCUT2D eigenvalue weighted by Crippen LogP contribution is 2.33. The van der Waals surface area contributed by atoms with Gasteiger partial charge in [-0.15, -0.1) is 24.8 Å². The van der Waals surface area contributed by atoms with Gasteiger partial charge < -0.3 is 20.4 Å². The van der Waals surface area contributed by atoms with Crippen molar-refractivity contribution in [1.82, 2.24) is 5.32 Å². The molecule has 0 radical (unpaired) electrons. The Balaban J connectivity index is 0.00000160. The number of hydrogen-bond donors (Lipinski definition) is 2. The molecule has 160 valence electrons. The summed E-state index contributed by atoms with van der Waals surface area (Å²) in [6, 6.07) is 18.4. The number of fused-ring (bicyclic) bond motifs is 1. The average molecular weight is 448 g/mol. The van der Waals surface area contributed by atoms with Crippen LogP contribution in [-0.2, 0) is 19.4 Å². The van der Waals surface area contributed by atoms with E-state index in [9.17, 15) is 4.79 Å². The highest BCUT2D eigenvalue weighted by molar-refractivity contribution is 5.93. The van der Waals surface area contributed by atoms with E-state index >= 15 is 0 Å². The highest BCUT2D eigenvalue weighted by Gasteiger charge is 2.27. The smallest absolute Gasteiger partial charge is 0.287 e. The lowest BCUT2D eigenvalue weighted by Gasteiger charge is -2.24. The van der Waals surface area contributed by atoms with Crippen LogP contribution in [0.15, 0.2) is 65.3 Å². The largest absolute Gasteiger partial charge is 0.459 e. The van der Waals surface area contributed by atoms with Crippen molar-refractivity contribution in [2.24, 2.45) is 0 Å². The maximum Gasteiger partial charge on any atom is 0.287 e. The summed E-state index contributed by atoms with van der Waals surface area (Å²) in [5, 5.41) is 2.96. The Kier molecular flexibility index (Phi) is 8.21. The standard InChI is InChI=1S/C23H25N3O2.2ClH/c1-16-14-18-4-2-3-5-21(18)26(16)15-19-11-13-28-22(19)23(27)25-12-10-17-6-8-20(24)9-7-17;;/h2-9,11,13,16H,10,12,14-15,24H2,1H3,(H,25,27);2*1H. The summed E-state index contributed by atoms with van der Waals surface area (Å²) in [4.78, 5) is 15.0. The van der Waals surface area contributed by atoms with Crippen LogP contribution in [0, 0.1) is 0 Å². The molecule has 0 aliphatic carbocycles. The van der Waals surface area contributed by atoms with Crippen LogP contribution in [0.1, 0.15) is 34.2 Å². The number of rotatable bonds is 6. The lowest BCUT2D eigenvalue weighted by Crippen LogP contribution is -2.31. The predicted molar refractivity (Wildman–Crippen MR) is 126 cm³/mol. The van der Waals surface area contributed by atoms with Gasteiger partial charge >= 0.3 is 0 Å². The molecule has 7 heteroatoms. The topological polar surface area (TPSA) is 71.5 Å². The predicted octanol–water partition coefficient (Wildman–Crippen LogP) is 4.63. The average Bonchev–Trinajstić information content (AvgIpc) is 3.28. The Hall–Kier alpha value is -2.63. The van der Waals surface area contributed by atoms with Crippen molar-refractivity contribution in [3.05, 3.63) is 83.3 Å². The molecule has 5 nitrogen and oxygen atoms in total. The van der Waals surface area contributed by atoms with Gasteiger partial charge in [0.15, 0.2) is 5.76 Å². The van der Waals surface area contributed by atoms with Crippen LogP contribution >= 0.6 is 24.8 Å². The Labute approximate surface area is 189 Å². The molecule has 0 bridgehead atoms. The molecule has 0 fully saturated rings. The minimum atomic E-state index is -0.171. The van der Waals surface area contributed by atoms with Crippen molar-refractivity contribution in [3.63, 3.8) is 0 Å². The van der Waals surface area contributed by atoms with Gasteiger partial charge in [0.05, 0.1) is 6.26 Å². The molecule has 1 aliphatic heterocycles. The van der Waals surface area contributed by atoms with Gasteiger partial charge in [0.1, 0.15) is 0 Å². The fourth-order valence-corrected chi connectivity index (χ4v) is 3.80. The molecule has 30 heavy (non-hydrogen) atoms. The quantitative estimate of drug-likeness (QED) is 0.540. The first-order chi connectivity index (χ1) is 13.6. The van der Waals surface area contributed by atoms with E-state index in [2.05, 4.69) is 41.4 Å². The monoisotopic (exact) mass is 447 g/mol. The second kappa shape index (κ2) is 10.4. The number of amides is 1. The third-order valence-corrected chi connectivity index (χ3v) is 5.32. The maximum atomic E-state index is 12.6. The number of halogens is 2. The summed E-state index contributed by atoms with van der Waals surface area (Å²) in [5.41, 5.74) is 11.1. The Bertz CT molecular complexity index is 973. The fraction of sp³-hybridized carbons (Fsp3) is 0.261. The number of carbonyl (C=O) groups is 1. The van der Waals surface area contributed by atoms with Gasteiger partial charge in [-0.2, -0.15) is 0 Å². The summed E-state index contributed by atoms with van der Waals surface area (Å²) in [7, 11) is 0. The van der Waals surface area contributed by atoms with E-state index in [0.29, 0.717) is 24.9 Å². The van der Waals surface area contributed by atoms with Gasteiger partial charge in [-0.25, -0.2) is 0 Å². The van der Waals surface area contributed by atoms with Crippen LogP contribution in [0.4, 0.5) is 11.4 Å². The van der Waals surface area contributed by atoms with Crippen molar-refractivity contribution in [2.75, 3.05) is 17.2 Å². The SMILES string of the molecule is CC1Cc2ccccc2N1Cc1ccoc1C(=O)NCCc1ccc(N)cc1.Cl.Cl. The summed E-state index contributed by atoms with van der Waals surface area (Å²) in [6.07, 6.45) is 3.37. The number of benzene rings is 2. The van der Waals surface area contributed by atoms with Crippen molar-refractivity contribution >= 4 is 42.1 Å². The molecule has 1 atom stereocenters. The Morgan fingerprint density at radius 2 is 1.87 bits per heavy atom. The number of carbonyl (C=O) groups excluding carboxylic acids is 1. The zero-order valence-corrected chi connectivity index (χ0v) is 18.5. The van der Waals surface area contributed by atoms with Crippen molar-refractivity contribution < 1.29 is 9.21 Å². The first-order valence-electron chi connectivity index (χ1n) is 9.65. The molecule has 2 heterocycles. The van der Waals surface area contributed by atoms with E-state index in [1.165, 1.54) is 11.3 Å². The summed E-state index contributed by atoms with van der Waals surface area (Å²) >= 11 is 0. The van der Waals surface area contributed by atoms with Crippen LogP contribution in [0.2, 0.25) is 0 Å². The van der Waals surface area contributed by atoms with Gasteiger partial charge in [-0.3, -0.25) is 4.79 Å². The Morgan fingerprint density at radius 3 is 2.63 bits per heavy atom. The number of nitrogens with two attached hydrogens (primary N) is 1. The molecule has 3 N–H and O–H groups in total. The van der Waals surface area contributed by atoms with Crippen molar-refractivity contribution in [3.8, 4) is 0 Å². The van der Waals surface area contributed by atoms with Crippen LogP contribution in [-0.4, -0.2) is 18.5 Å². The fourth-order valence-electron chi connectivity index (χ4n) is 3.80. The maximum absolute atomic E-state index is 12.6. The highest BCUT2D eigenvalue weighted by atomic mass is 35.5. The summed E-state index contributed by atoms with van der Waals surface area (Å²) < 4.78 is 5.52. The normalized spacial score (nSPS) is 14.4. The molecule has 3 aromatic rings. The molecule has 0 saturated carbocycles. The number of nitrogen functional groups attached to an aromatic ring is 1. The molecule has 1 amide bonds. The third-order valence-electron chi connectivity index (χ3n) is 5.32. The van der Waals surface area contributed by atoms with Gasteiger partial charge in [-0.05, 0) is 55.2 Å². The van der Waals surface area contributed by atoms with Crippen molar-refractivity contribution in [2.45, 2.75) is 32.4 Å². The van der Waals surface area contributed by atoms with Gasteiger partial charge in [-0.1, -0.05) is 30.3 Å². The molecule has 0 spiro atoms. The van der Waals surface area contributed by atoms with Gasteiger partial charge in [0, 0.05) is 36.1 Å². The molecule has 2 aromatic carbocycles. The number of anilines is 2. The Morgan fingerprint density at radius 1 is 1.13 bits per heavy atom. The van der Waals surface area contributed by atoms with Crippen LogP contribution in [0.5, 0.6) is 0 Å². The zero-order valence-electron chi connectivity index (χ0n) is 16.8. The molecule has 0 saturated heterocycles. The van der Waals surface area contributed by atoms with Crippen LogP contribution < -0.4 is 16.0 Å². The molecule has 4 rings (SSSR count). The van der Waals surface area contributed by atoms with E-state index in [0.717, 1.165) is 29.7 Å². The lowest BCUT2D eigenvalue weighted by molar-refractivity contribution is 0.0925. The van der Waals surface area contributed by atoms with E-state index in [-0.39, 0.29) is 30.7 Å². The van der Waals surface area contributed by atoms with Gasteiger partial charge in [0.2, 0.25) is 0 Å². The van der Waals surface area contributed by atoms with E-state index in [1.54, 1.807) is 6.26 Å². The van der Waals surface area contributed by atoms with Gasteiger partial charge in [0.25, 0.3) is 5.91 Å². The number of nitrogens with one attached hydrogen (secondary N) is 1. The molecule has 1 aromatic heterocycles. The molecule has 1 aliphatic rings. The molecular weight excluding hydrogens is 421 g/mol. The van der Waals surface area contributed by atoms with E-state index in [4.69, 9.17) is 10.2 Å². The first kappa shape index (κ1) is 23.6. The number of para-hydroxylation sites is 1. The molecule has 1 unspecified atom stereocenters. The lowest BCUT2D eigenvalue weighted by atomic mass is 10.1. The van der Waals surface area contributed by atoms with Crippen LogP contribution in [0.25, 0.3) is 0 Å². The second-order valence-electron chi connectivity index (χ2n) is 7.33. The van der Waals surface area contributed by atoms with E-state index < -0.39 is 0 Å². The van der Waals surface area contributed by atoms with E-state index in [1.807, 2.05) is 30.3 Å². The van der Waals surface area contributed by atoms with Crippen LogP contribution in [0.3, 0.4) is 0 Å². The summed E-state index contributed by atoms with van der Waals surface area (Å²) in [5.74, 6) is 0.226. The number of furan rings is 1.